The Bertz CT molecular complexity index is 517. The third kappa shape index (κ3) is 2.49. The predicted octanol–water partition coefficient (Wildman–Crippen LogP) is 3.93. The first kappa shape index (κ1) is 12.9. The van der Waals surface area contributed by atoms with Gasteiger partial charge in [0.15, 0.2) is 0 Å². The fourth-order valence-electron chi connectivity index (χ4n) is 2.09. The fraction of sp³-hybridized carbons (Fsp3) is 0.375. The fourth-order valence-corrected chi connectivity index (χ4v) is 2.09. The average Bonchev–Trinajstić information content (AvgIpc) is 2.73. The van der Waals surface area contributed by atoms with Crippen molar-refractivity contribution in [3.05, 3.63) is 59.0 Å². The van der Waals surface area contributed by atoms with Gasteiger partial charge in [-0.15, -0.1) is 0 Å². The molecule has 2 aromatic rings. The van der Waals surface area contributed by atoms with Crippen molar-refractivity contribution in [2.45, 2.75) is 39.2 Å². The highest BCUT2D eigenvalue weighted by Crippen LogP contribution is 2.27. The topological polar surface area (TPSA) is 39.2 Å². The largest absolute Gasteiger partial charge is 0.469 e. The highest BCUT2D eigenvalue weighted by atomic mass is 16.3. The lowest BCUT2D eigenvalue weighted by Gasteiger charge is -2.20. The summed E-state index contributed by atoms with van der Waals surface area (Å²) in [7, 11) is 0. The van der Waals surface area contributed by atoms with Gasteiger partial charge in [-0.3, -0.25) is 0 Å². The first-order chi connectivity index (χ1) is 8.39. The van der Waals surface area contributed by atoms with E-state index in [1.807, 2.05) is 13.0 Å². The molecule has 1 unspecified atom stereocenters. The molecule has 1 aromatic carbocycles. The van der Waals surface area contributed by atoms with Gasteiger partial charge in [-0.05, 0) is 29.5 Å². The highest BCUT2D eigenvalue weighted by Gasteiger charge is 2.16. The Morgan fingerprint density at radius 2 is 1.67 bits per heavy atom. The van der Waals surface area contributed by atoms with Crippen molar-refractivity contribution >= 4 is 0 Å². The third-order valence-electron chi connectivity index (χ3n) is 3.37. The molecule has 0 amide bonds. The number of benzene rings is 1. The maximum Gasteiger partial charge on any atom is 0.105 e. The van der Waals surface area contributed by atoms with Crippen LogP contribution in [0.5, 0.6) is 0 Å². The van der Waals surface area contributed by atoms with E-state index in [1.165, 1.54) is 5.56 Å². The first-order valence-corrected chi connectivity index (χ1v) is 6.29. The molecule has 0 aliphatic heterocycles. The number of furan rings is 1. The predicted molar refractivity (Wildman–Crippen MR) is 74.6 cm³/mol. The summed E-state index contributed by atoms with van der Waals surface area (Å²) >= 11 is 0. The lowest BCUT2D eigenvalue weighted by Crippen LogP contribution is -2.14. The van der Waals surface area contributed by atoms with Gasteiger partial charge in [-0.2, -0.15) is 0 Å². The van der Waals surface area contributed by atoms with Gasteiger partial charge in [0.2, 0.25) is 0 Å². The SMILES string of the molecule is Cc1occc1C(N)c1ccc(C(C)(C)C)cc1. The Morgan fingerprint density at radius 1 is 1.06 bits per heavy atom. The minimum absolute atomic E-state index is 0.113. The summed E-state index contributed by atoms with van der Waals surface area (Å²) in [6.45, 7) is 8.57. The number of hydrogen-bond acceptors (Lipinski definition) is 2. The van der Waals surface area contributed by atoms with E-state index in [2.05, 4.69) is 45.0 Å². The zero-order chi connectivity index (χ0) is 13.3. The van der Waals surface area contributed by atoms with E-state index < -0.39 is 0 Å². The number of aryl methyl sites for hydroxylation is 1. The standard InChI is InChI=1S/C16H21NO/c1-11-14(9-10-18-11)15(17)12-5-7-13(8-6-12)16(2,3)4/h5-10,15H,17H2,1-4H3. The number of rotatable bonds is 2. The van der Waals surface area contributed by atoms with Crippen LogP contribution < -0.4 is 5.73 Å². The van der Waals surface area contributed by atoms with Crippen molar-refractivity contribution < 1.29 is 4.42 Å². The number of nitrogens with two attached hydrogens (primary N) is 1. The molecule has 1 aromatic heterocycles. The van der Waals surface area contributed by atoms with Gasteiger partial charge in [0.05, 0.1) is 12.3 Å². The van der Waals surface area contributed by atoms with Gasteiger partial charge >= 0.3 is 0 Å². The van der Waals surface area contributed by atoms with Gasteiger partial charge in [0.25, 0.3) is 0 Å². The molecule has 0 aliphatic carbocycles. The molecule has 1 atom stereocenters. The Kier molecular flexibility index (Phi) is 3.31. The molecule has 0 fully saturated rings. The van der Waals surface area contributed by atoms with E-state index in [1.54, 1.807) is 6.26 Å². The molecule has 2 heteroatoms. The maximum absolute atomic E-state index is 6.26. The highest BCUT2D eigenvalue weighted by molar-refractivity contribution is 5.35. The van der Waals surface area contributed by atoms with E-state index in [0.717, 1.165) is 16.9 Å². The molecule has 0 saturated heterocycles. The van der Waals surface area contributed by atoms with E-state index in [0.29, 0.717) is 0 Å². The van der Waals surface area contributed by atoms with Crippen LogP contribution >= 0.6 is 0 Å². The lowest BCUT2D eigenvalue weighted by atomic mass is 9.86. The molecule has 0 bridgehead atoms. The third-order valence-corrected chi connectivity index (χ3v) is 3.37. The molecular weight excluding hydrogens is 222 g/mol. The van der Waals surface area contributed by atoms with Gasteiger partial charge in [0, 0.05) is 5.56 Å². The van der Waals surface area contributed by atoms with Crippen LogP contribution in [0.15, 0.2) is 41.0 Å². The molecule has 2 rings (SSSR count). The van der Waals surface area contributed by atoms with Gasteiger partial charge in [-0.25, -0.2) is 0 Å². The van der Waals surface area contributed by atoms with Crippen molar-refractivity contribution in [1.29, 1.82) is 0 Å². The summed E-state index contributed by atoms with van der Waals surface area (Å²) < 4.78 is 5.31. The first-order valence-electron chi connectivity index (χ1n) is 6.29. The maximum atomic E-state index is 6.26. The molecule has 18 heavy (non-hydrogen) atoms. The van der Waals surface area contributed by atoms with Crippen molar-refractivity contribution in [3.8, 4) is 0 Å². The van der Waals surface area contributed by atoms with Crippen LogP contribution in [0.1, 0.15) is 49.3 Å². The minimum atomic E-state index is -0.113. The van der Waals surface area contributed by atoms with E-state index in [9.17, 15) is 0 Å². The molecular formula is C16H21NO. The van der Waals surface area contributed by atoms with Crippen LogP contribution in [0.25, 0.3) is 0 Å². The van der Waals surface area contributed by atoms with Crippen LogP contribution in [0.2, 0.25) is 0 Å². The van der Waals surface area contributed by atoms with Gasteiger partial charge in [0.1, 0.15) is 5.76 Å². The quantitative estimate of drug-likeness (QED) is 0.868. The molecule has 0 spiro atoms. The molecule has 2 N–H and O–H groups in total. The van der Waals surface area contributed by atoms with Crippen LogP contribution in [0.4, 0.5) is 0 Å². The van der Waals surface area contributed by atoms with E-state index >= 15 is 0 Å². The second kappa shape index (κ2) is 4.62. The summed E-state index contributed by atoms with van der Waals surface area (Å²) in [6, 6.07) is 10.4. The van der Waals surface area contributed by atoms with Crippen LogP contribution in [-0.2, 0) is 5.41 Å². The molecule has 96 valence electrons. The Hall–Kier alpha value is -1.54. The van der Waals surface area contributed by atoms with Crippen LogP contribution in [-0.4, -0.2) is 0 Å². The van der Waals surface area contributed by atoms with Crippen LogP contribution in [0, 0.1) is 6.92 Å². The van der Waals surface area contributed by atoms with Crippen molar-refractivity contribution in [2.24, 2.45) is 5.73 Å². The summed E-state index contributed by atoms with van der Waals surface area (Å²) in [5.41, 5.74) is 9.93. The van der Waals surface area contributed by atoms with Crippen molar-refractivity contribution in [2.75, 3.05) is 0 Å². The second-order valence-corrected chi connectivity index (χ2v) is 5.78. The molecule has 1 heterocycles. The smallest absolute Gasteiger partial charge is 0.105 e. The summed E-state index contributed by atoms with van der Waals surface area (Å²) in [5.74, 6) is 0.891. The monoisotopic (exact) mass is 243 g/mol. The molecule has 2 nitrogen and oxygen atoms in total. The Morgan fingerprint density at radius 3 is 2.11 bits per heavy atom. The average molecular weight is 243 g/mol. The van der Waals surface area contributed by atoms with Crippen LogP contribution in [0.3, 0.4) is 0 Å². The van der Waals surface area contributed by atoms with E-state index in [-0.39, 0.29) is 11.5 Å². The van der Waals surface area contributed by atoms with Gasteiger partial charge in [-0.1, -0.05) is 45.0 Å². The zero-order valence-electron chi connectivity index (χ0n) is 11.5. The van der Waals surface area contributed by atoms with Crippen molar-refractivity contribution in [1.82, 2.24) is 0 Å². The van der Waals surface area contributed by atoms with E-state index in [4.69, 9.17) is 10.2 Å². The van der Waals surface area contributed by atoms with Gasteiger partial charge < -0.3 is 10.2 Å². The Balaban J connectivity index is 2.28. The lowest BCUT2D eigenvalue weighted by molar-refractivity contribution is 0.527. The summed E-state index contributed by atoms with van der Waals surface area (Å²) in [6.07, 6.45) is 1.69. The molecule has 0 radical (unpaired) electrons. The minimum Gasteiger partial charge on any atom is -0.469 e. The molecule has 0 saturated carbocycles. The van der Waals surface area contributed by atoms with Crippen molar-refractivity contribution in [3.63, 3.8) is 0 Å². The number of hydrogen-bond donors (Lipinski definition) is 1. The zero-order valence-corrected chi connectivity index (χ0v) is 11.5. The molecule has 0 aliphatic rings. The normalized spacial score (nSPS) is 13.6. The summed E-state index contributed by atoms with van der Waals surface area (Å²) in [5, 5.41) is 0. The Labute approximate surface area is 109 Å². The summed E-state index contributed by atoms with van der Waals surface area (Å²) in [4.78, 5) is 0. The second-order valence-electron chi connectivity index (χ2n) is 5.78.